The number of aryl methyl sites for hydroxylation is 1. The number of piperidine rings is 1. The molecule has 164 valence electrons. The van der Waals surface area contributed by atoms with Crippen molar-refractivity contribution in [1.82, 2.24) is 9.29 Å². The summed E-state index contributed by atoms with van der Waals surface area (Å²) in [4.78, 5) is 19.9. The second-order valence-electron chi connectivity index (χ2n) is 7.95. The third kappa shape index (κ3) is 4.12. The van der Waals surface area contributed by atoms with Crippen molar-refractivity contribution in [2.75, 3.05) is 18.0 Å². The van der Waals surface area contributed by atoms with Crippen molar-refractivity contribution >= 4 is 42.6 Å². The Morgan fingerprint density at radius 2 is 2.00 bits per heavy atom. The van der Waals surface area contributed by atoms with Crippen LogP contribution in [0.2, 0.25) is 0 Å². The van der Waals surface area contributed by atoms with E-state index >= 15 is 0 Å². The Labute approximate surface area is 187 Å². The van der Waals surface area contributed by atoms with Crippen LogP contribution in [0.15, 0.2) is 47.4 Å². The molecule has 1 atom stereocenters. The minimum absolute atomic E-state index is 0.0332. The van der Waals surface area contributed by atoms with Crippen LogP contribution in [0.3, 0.4) is 0 Å². The summed E-state index contributed by atoms with van der Waals surface area (Å²) < 4.78 is 29.2. The summed E-state index contributed by atoms with van der Waals surface area (Å²) in [6.07, 6.45) is 2.76. The van der Waals surface area contributed by atoms with Gasteiger partial charge in [0.05, 0.1) is 15.1 Å². The van der Waals surface area contributed by atoms with Gasteiger partial charge in [-0.1, -0.05) is 36.0 Å². The van der Waals surface area contributed by atoms with Gasteiger partial charge in [-0.2, -0.15) is 4.31 Å². The second-order valence-corrected chi connectivity index (χ2v) is 10.9. The average molecular weight is 458 g/mol. The summed E-state index contributed by atoms with van der Waals surface area (Å²) in [6, 6.07) is 12.6. The number of fused-ring (bicyclic) bond motifs is 1. The van der Waals surface area contributed by atoms with Crippen molar-refractivity contribution < 1.29 is 13.2 Å². The molecule has 6 nitrogen and oxygen atoms in total. The van der Waals surface area contributed by atoms with E-state index in [1.54, 1.807) is 21.3 Å². The van der Waals surface area contributed by atoms with E-state index < -0.39 is 10.0 Å². The number of benzene rings is 2. The maximum absolute atomic E-state index is 13.5. The largest absolute Gasteiger partial charge is 0.284 e. The van der Waals surface area contributed by atoms with Gasteiger partial charge in [-0.15, -0.1) is 0 Å². The maximum atomic E-state index is 13.5. The Balaban J connectivity index is 1.70. The number of aromatic nitrogens is 1. The van der Waals surface area contributed by atoms with Crippen LogP contribution in [0.1, 0.15) is 49.0 Å². The maximum Gasteiger partial charge on any atom is 0.260 e. The lowest BCUT2D eigenvalue weighted by molar-refractivity contribution is 0.0987. The number of hydrogen-bond donors (Lipinski definition) is 0. The molecule has 2 heterocycles. The second kappa shape index (κ2) is 8.68. The zero-order valence-electron chi connectivity index (χ0n) is 18.0. The quantitative estimate of drug-likeness (QED) is 0.550. The SMILES string of the molecule is CCN(C(=O)c1cc(S(=O)(=O)N2CCCCC2C)ccc1C)c1nc2ccccc2s1. The first-order valence-corrected chi connectivity index (χ1v) is 12.9. The fourth-order valence-electron chi connectivity index (χ4n) is 4.04. The lowest BCUT2D eigenvalue weighted by Gasteiger charge is -2.32. The summed E-state index contributed by atoms with van der Waals surface area (Å²) in [7, 11) is -3.65. The van der Waals surface area contributed by atoms with Gasteiger partial charge in [0.15, 0.2) is 5.13 Å². The van der Waals surface area contributed by atoms with Crippen LogP contribution in [0.4, 0.5) is 5.13 Å². The van der Waals surface area contributed by atoms with Gasteiger partial charge in [0.25, 0.3) is 5.91 Å². The Morgan fingerprint density at radius 1 is 1.23 bits per heavy atom. The summed E-state index contributed by atoms with van der Waals surface area (Å²) in [5.74, 6) is -0.234. The number of amides is 1. The molecule has 1 amide bonds. The fourth-order valence-corrected chi connectivity index (χ4v) is 6.80. The van der Waals surface area contributed by atoms with Crippen LogP contribution < -0.4 is 4.90 Å². The van der Waals surface area contributed by atoms with Crippen molar-refractivity contribution in [3.63, 3.8) is 0 Å². The molecule has 31 heavy (non-hydrogen) atoms. The van der Waals surface area contributed by atoms with Gasteiger partial charge in [0.2, 0.25) is 10.0 Å². The first-order chi connectivity index (χ1) is 14.8. The number of para-hydroxylation sites is 1. The van der Waals surface area contributed by atoms with E-state index in [1.807, 2.05) is 45.0 Å². The van der Waals surface area contributed by atoms with E-state index in [4.69, 9.17) is 0 Å². The number of carbonyl (C=O) groups is 1. The van der Waals surface area contributed by atoms with Gasteiger partial charge in [0.1, 0.15) is 0 Å². The molecule has 1 aromatic heterocycles. The molecule has 1 aliphatic heterocycles. The average Bonchev–Trinajstić information content (AvgIpc) is 3.18. The van der Waals surface area contributed by atoms with Gasteiger partial charge >= 0.3 is 0 Å². The standard InChI is InChI=1S/C23H27N3O3S2/c1-4-25(23-24-20-10-5-6-11-21(20)30-23)22(27)19-15-18(13-12-16(19)2)31(28,29)26-14-8-7-9-17(26)3/h5-6,10-13,15,17H,4,7-9,14H2,1-3H3. The van der Waals surface area contributed by atoms with E-state index in [1.165, 1.54) is 17.4 Å². The molecule has 1 aliphatic rings. The topological polar surface area (TPSA) is 70.6 Å². The number of carbonyl (C=O) groups excluding carboxylic acids is 1. The zero-order chi connectivity index (χ0) is 22.2. The molecule has 4 rings (SSSR count). The number of sulfonamides is 1. The predicted molar refractivity (Wildman–Crippen MR) is 125 cm³/mol. The first-order valence-electron chi connectivity index (χ1n) is 10.6. The molecule has 0 N–H and O–H groups in total. The Bertz CT molecular complexity index is 1190. The van der Waals surface area contributed by atoms with Crippen molar-refractivity contribution in [3.05, 3.63) is 53.6 Å². The molecular weight excluding hydrogens is 430 g/mol. The molecule has 2 aromatic carbocycles. The van der Waals surface area contributed by atoms with E-state index in [9.17, 15) is 13.2 Å². The number of hydrogen-bond acceptors (Lipinski definition) is 5. The molecule has 0 bridgehead atoms. The number of anilines is 1. The predicted octanol–water partition coefficient (Wildman–Crippen LogP) is 4.83. The molecule has 1 unspecified atom stereocenters. The van der Waals surface area contributed by atoms with Crippen molar-refractivity contribution in [2.45, 2.75) is 51.0 Å². The molecule has 1 saturated heterocycles. The highest BCUT2D eigenvalue weighted by atomic mass is 32.2. The summed E-state index contributed by atoms with van der Waals surface area (Å²) in [6.45, 7) is 6.64. The molecular formula is C23H27N3O3S2. The Hall–Kier alpha value is -2.29. The molecule has 0 saturated carbocycles. The molecule has 8 heteroatoms. The zero-order valence-corrected chi connectivity index (χ0v) is 19.7. The van der Waals surface area contributed by atoms with Crippen molar-refractivity contribution in [1.29, 1.82) is 0 Å². The van der Waals surface area contributed by atoms with E-state index in [0.29, 0.717) is 23.8 Å². The lowest BCUT2D eigenvalue weighted by atomic mass is 10.1. The number of nitrogens with zero attached hydrogens (tertiary/aromatic N) is 3. The fraction of sp³-hybridized carbons (Fsp3) is 0.391. The van der Waals surface area contributed by atoms with Crippen LogP contribution in [0.25, 0.3) is 10.2 Å². The van der Waals surface area contributed by atoms with Crippen molar-refractivity contribution in [2.24, 2.45) is 0 Å². The molecule has 0 aliphatic carbocycles. The Kier molecular flexibility index (Phi) is 6.14. The molecule has 0 radical (unpaired) electrons. The number of thiazole rings is 1. The van der Waals surface area contributed by atoms with Gasteiger partial charge < -0.3 is 0 Å². The van der Waals surface area contributed by atoms with E-state index in [0.717, 1.165) is 35.0 Å². The minimum atomic E-state index is -3.65. The normalized spacial score (nSPS) is 17.7. The van der Waals surface area contributed by atoms with E-state index in [2.05, 4.69) is 4.98 Å². The van der Waals surface area contributed by atoms with Crippen LogP contribution in [0, 0.1) is 6.92 Å². The van der Waals surface area contributed by atoms with Crippen LogP contribution in [0.5, 0.6) is 0 Å². The number of rotatable bonds is 5. The van der Waals surface area contributed by atoms with Gasteiger partial charge in [-0.05, 0) is 63.4 Å². The smallest absolute Gasteiger partial charge is 0.260 e. The highest BCUT2D eigenvalue weighted by Gasteiger charge is 2.32. The van der Waals surface area contributed by atoms with Crippen LogP contribution in [-0.2, 0) is 10.0 Å². The highest BCUT2D eigenvalue weighted by molar-refractivity contribution is 7.89. The summed E-state index contributed by atoms with van der Waals surface area (Å²) in [5, 5.41) is 0.617. The van der Waals surface area contributed by atoms with Gasteiger partial charge in [-0.25, -0.2) is 13.4 Å². The third-order valence-electron chi connectivity index (χ3n) is 5.86. The van der Waals surface area contributed by atoms with Gasteiger partial charge in [0, 0.05) is 24.7 Å². The molecule has 0 spiro atoms. The monoisotopic (exact) mass is 457 g/mol. The lowest BCUT2D eigenvalue weighted by Crippen LogP contribution is -2.42. The third-order valence-corrected chi connectivity index (χ3v) is 8.93. The van der Waals surface area contributed by atoms with Crippen LogP contribution in [-0.4, -0.2) is 42.7 Å². The molecule has 3 aromatic rings. The summed E-state index contributed by atoms with van der Waals surface area (Å²) >= 11 is 1.46. The van der Waals surface area contributed by atoms with Crippen molar-refractivity contribution in [3.8, 4) is 0 Å². The van der Waals surface area contributed by atoms with Crippen LogP contribution >= 0.6 is 11.3 Å². The van der Waals surface area contributed by atoms with Gasteiger partial charge in [-0.3, -0.25) is 9.69 Å². The Morgan fingerprint density at radius 3 is 2.71 bits per heavy atom. The molecule has 1 fully saturated rings. The minimum Gasteiger partial charge on any atom is -0.284 e. The summed E-state index contributed by atoms with van der Waals surface area (Å²) in [5.41, 5.74) is 1.99. The first kappa shape index (κ1) is 21.9. The van der Waals surface area contributed by atoms with E-state index in [-0.39, 0.29) is 16.8 Å². The highest BCUT2D eigenvalue weighted by Crippen LogP contribution is 2.31.